The minimum atomic E-state index is -0.592. The normalized spacial score (nSPS) is 11.8. The number of hydrogen-bond donors (Lipinski definition) is 3. The van der Waals surface area contributed by atoms with Crippen molar-refractivity contribution >= 4 is 70.1 Å². The van der Waals surface area contributed by atoms with Crippen LogP contribution in [0.1, 0.15) is 32.3 Å². The zero-order valence-corrected chi connectivity index (χ0v) is 27.0. The lowest BCUT2D eigenvalue weighted by atomic mass is 10.1. The third-order valence-corrected chi connectivity index (χ3v) is 8.63. The van der Waals surface area contributed by atoms with Gasteiger partial charge in [0.2, 0.25) is 5.91 Å². The van der Waals surface area contributed by atoms with Crippen LogP contribution in [0.3, 0.4) is 0 Å². The predicted molar refractivity (Wildman–Crippen MR) is 188 cm³/mol. The van der Waals surface area contributed by atoms with Crippen LogP contribution in [0.4, 0.5) is 11.4 Å². The van der Waals surface area contributed by atoms with Gasteiger partial charge in [0.15, 0.2) is 0 Å². The summed E-state index contributed by atoms with van der Waals surface area (Å²) in [5.41, 5.74) is 4.17. The molecule has 5 rings (SSSR count). The van der Waals surface area contributed by atoms with E-state index in [0.717, 1.165) is 21.6 Å². The van der Waals surface area contributed by atoms with Crippen molar-refractivity contribution in [3.05, 3.63) is 165 Å². The quantitative estimate of drug-likeness (QED) is 0.103. The summed E-state index contributed by atoms with van der Waals surface area (Å²) in [6.45, 7) is 1.98. The van der Waals surface area contributed by atoms with Gasteiger partial charge in [0.05, 0.1) is 10.7 Å². The van der Waals surface area contributed by atoms with Gasteiger partial charge in [-0.1, -0.05) is 102 Å². The maximum absolute atomic E-state index is 13.5. The highest BCUT2D eigenvalue weighted by atomic mass is 35.5. The number of halogens is 2. The fourth-order valence-corrected chi connectivity index (χ4v) is 5.89. The van der Waals surface area contributed by atoms with E-state index in [2.05, 4.69) is 16.0 Å². The molecule has 0 radical (unpaired) electrons. The number of carbonyl (C=O) groups excluding carboxylic acids is 3. The van der Waals surface area contributed by atoms with E-state index in [1.165, 1.54) is 11.8 Å². The van der Waals surface area contributed by atoms with Gasteiger partial charge in [-0.3, -0.25) is 14.4 Å². The lowest BCUT2D eigenvalue weighted by Crippen LogP contribution is -2.30. The van der Waals surface area contributed by atoms with Gasteiger partial charge in [0, 0.05) is 21.2 Å². The molecule has 0 heterocycles. The molecule has 1 atom stereocenters. The Bertz CT molecular complexity index is 1860. The topological polar surface area (TPSA) is 87.3 Å². The molecule has 5 aromatic rings. The van der Waals surface area contributed by atoms with Gasteiger partial charge < -0.3 is 16.0 Å². The fraction of sp³-hybridized carbons (Fsp3) is 0.0541. The summed E-state index contributed by atoms with van der Waals surface area (Å²) in [7, 11) is 0. The second-order valence-corrected chi connectivity index (χ2v) is 12.3. The van der Waals surface area contributed by atoms with Gasteiger partial charge in [-0.2, -0.15) is 0 Å². The van der Waals surface area contributed by atoms with E-state index >= 15 is 0 Å². The Morgan fingerprint density at radius 3 is 2.04 bits per heavy atom. The largest absolute Gasteiger partial charge is 0.323 e. The third kappa shape index (κ3) is 8.88. The van der Waals surface area contributed by atoms with Crippen molar-refractivity contribution in [1.82, 2.24) is 5.32 Å². The Hall–Kier alpha value is -4.82. The van der Waals surface area contributed by atoms with E-state index in [1.807, 2.05) is 79.7 Å². The molecule has 3 N–H and O–H groups in total. The Morgan fingerprint density at radius 2 is 1.39 bits per heavy atom. The summed E-state index contributed by atoms with van der Waals surface area (Å²) in [5, 5.41) is 8.76. The number of rotatable bonds is 10. The van der Waals surface area contributed by atoms with Crippen LogP contribution in [0.2, 0.25) is 10.0 Å². The Labute approximate surface area is 281 Å². The molecule has 3 amide bonds. The van der Waals surface area contributed by atoms with Gasteiger partial charge in [0.25, 0.3) is 11.8 Å². The zero-order valence-electron chi connectivity index (χ0n) is 24.7. The van der Waals surface area contributed by atoms with Crippen LogP contribution in [0.5, 0.6) is 0 Å². The maximum atomic E-state index is 13.5. The molecule has 0 aliphatic heterocycles. The highest BCUT2D eigenvalue weighted by Crippen LogP contribution is 2.37. The number of aryl methyl sites for hydroxylation is 1. The molecule has 9 heteroatoms. The van der Waals surface area contributed by atoms with Crippen LogP contribution >= 0.6 is 35.0 Å². The van der Waals surface area contributed by atoms with Gasteiger partial charge >= 0.3 is 0 Å². The molecule has 0 spiro atoms. The number of anilines is 2. The van der Waals surface area contributed by atoms with Crippen molar-refractivity contribution in [2.45, 2.75) is 17.1 Å². The van der Waals surface area contributed by atoms with Gasteiger partial charge in [-0.05, 0) is 78.7 Å². The maximum Gasteiger partial charge on any atom is 0.272 e. The van der Waals surface area contributed by atoms with Crippen molar-refractivity contribution in [2.24, 2.45) is 0 Å². The van der Waals surface area contributed by atoms with Crippen molar-refractivity contribution in [1.29, 1.82) is 0 Å². The molecular weight excluding hydrogens is 637 g/mol. The van der Waals surface area contributed by atoms with Crippen LogP contribution in [-0.2, 0) is 9.59 Å². The minimum Gasteiger partial charge on any atom is -0.323 e. The lowest BCUT2D eigenvalue weighted by molar-refractivity contribution is -0.116. The lowest BCUT2D eigenvalue weighted by Gasteiger charge is -2.18. The number of benzene rings is 5. The molecule has 0 aliphatic rings. The minimum absolute atomic E-state index is 0.0952. The fourth-order valence-electron chi connectivity index (χ4n) is 4.41. The van der Waals surface area contributed by atoms with Gasteiger partial charge in [-0.15, -0.1) is 11.8 Å². The molecule has 1 unspecified atom stereocenters. The summed E-state index contributed by atoms with van der Waals surface area (Å²) in [4.78, 5) is 40.7. The predicted octanol–water partition coefficient (Wildman–Crippen LogP) is 9.18. The average molecular weight is 667 g/mol. The van der Waals surface area contributed by atoms with Gasteiger partial charge in [-0.25, -0.2) is 0 Å². The van der Waals surface area contributed by atoms with E-state index in [-0.39, 0.29) is 11.6 Å². The first-order valence-electron chi connectivity index (χ1n) is 14.3. The molecule has 0 saturated carbocycles. The Balaban J connectivity index is 1.33. The summed E-state index contributed by atoms with van der Waals surface area (Å²) in [5.74, 6) is -1.13. The highest BCUT2D eigenvalue weighted by molar-refractivity contribution is 8.00. The van der Waals surface area contributed by atoms with Crippen molar-refractivity contribution in [3.63, 3.8) is 0 Å². The molecule has 5 aromatic carbocycles. The number of thioether (sulfide) groups is 1. The highest BCUT2D eigenvalue weighted by Gasteiger charge is 2.23. The Kier molecular flexibility index (Phi) is 10.9. The van der Waals surface area contributed by atoms with Crippen LogP contribution in [0.25, 0.3) is 6.08 Å². The van der Waals surface area contributed by atoms with E-state index in [0.29, 0.717) is 27.0 Å². The number of nitrogens with one attached hydrogen (secondary N) is 3. The molecule has 6 nitrogen and oxygen atoms in total. The Morgan fingerprint density at radius 1 is 0.739 bits per heavy atom. The summed E-state index contributed by atoms with van der Waals surface area (Å²) in [6, 6.07) is 37.8. The van der Waals surface area contributed by atoms with Crippen molar-refractivity contribution < 1.29 is 14.4 Å². The van der Waals surface area contributed by atoms with Crippen molar-refractivity contribution in [3.8, 4) is 0 Å². The first-order valence-corrected chi connectivity index (χ1v) is 15.9. The van der Waals surface area contributed by atoms with Gasteiger partial charge in [0.1, 0.15) is 10.9 Å². The molecule has 230 valence electrons. The third-order valence-electron chi connectivity index (χ3n) is 6.81. The van der Waals surface area contributed by atoms with E-state index in [9.17, 15) is 14.4 Å². The smallest absolute Gasteiger partial charge is 0.272 e. The first-order chi connectivity index (χ1) is 22.2. The molecule has 0 fully saturated rings. The number of carbonyl (C=O) groups is 3. The molecule has 46 heavy (non-hydrogen) atoms. The number of amides is 3. The molecular formula is C37H29Cl2N3O3S. The average Bonchev–Trinajstić information content (AvgIpc) is 3.07. The van der Waals surface area contributed by atoms with E-state index < -0.39 is 17.1 Å². The first kappa shape index (κ1) is 32.6. The second-order valence-electron chi connectivity index (χ2n) is 10.3. The standard InChI is InChI=1S/C37H29Cl2N3O3S/c1-24-12-14-25(15-13-24)22-33(42-35(43)27-10-6-3-7-11-27)36(44)40-29-17-19-30(20-18-29)46-34(26-8-4-2-5-9-26)37(45)41-32-21-16-28(38)23-31(32)39/h2-23,34H,1H3,(H,40,44)(H,41,45)(H,42,43)/b33-22-. The second kappa shape index (κ2) is 15.5. The molecule has 0 aromatic heterocycles. The molecule has 0 bridgehead atoms. The summed E-state index contributed by atoms with van der Waals surface area (Å²) >= 11 is 13.7. The molecule has 0 aliphatic carbocycles. The number of hydrogen-bond acceptors (Lipinski definition) is 4. The van der Waals surface area contributed by atoms with E-state index in [1.54, 1.807) is 60.7 Å². The van der Waals surface area contributed by atoms with Crippen molar-refractivity contribution in [2.75, 3.05) is 10.6 Å². The van der Waals surface area contributed by atoms with Crippen LogP contribution < -0.4 is 16.0 Å². The van der Waals surface area contributed by atoms with Crippen LogP contribution in [0, 0.1) is 6.92 Å². The zero-order chi connectivity index (χ0) is 32.5. The monoisotopic (exact) mass is 665 g/mol. The van der Waals surface area contributed by atoms with Crippen LogP contribution in [0.15, 0.2) is 138 Å². The summed E-state index contributed by atoms with van der Waals surface area (Å²) in [6.07, 6.45) is 1.63. The van der Waals surface area contributed by atoms with E-state index in [4.69, 9.17) is 23.2 Å². The van der Waals surface area contributed by atoms with Crippen LogP contribution in [-0.4, -0.2) is 17.7 Å². The molecule has 0 saturated heterocycles. The summed E-state index contributed by atoms with van der Waals surface area (Å²) < 4.78 is 0. The SMILES string of the molecule is Cc1ccc(/C=C(\NC(=O)c2ccccc2)C(=O)Nc2ccc(SC(C(=O)Nc3ccc(Cl)cc3Cl)c3ccccc3)cc2)cc1.